The van der Waals surface area contributed by atoms with Crippen molar-refractivity contribution in [2.75, 3.05) is 13.7 Å². The molecule has 0 bridgehead atoms. The number of unbranched alkanes of at least 4 members (excludes halogenated alkanes) is 3. The third-order valence-electron chi connectivity index (χ3n) is 5.54. The number of hydrogen-bond acceptors (Lipinski definition) is 5. The van der Waals surface area contributed by atoms with Gasteiger partial charge in [-0.2, -0.15) is 0 Å². The minimum absolute atomic E-state index is 0.0441. The lowest BCUT2D eigenvalue weighted by Crippen LogP contribution is -2.31. The van der Waals surface area contributed by atoms with E-state index in [1.807, 2.05) is 0 Å². The quantitative estimate of drug-likeness (QED) is 0.294. The Kier molecular flexibility index (Phi) is 6.87. The lowest BCUT2D eigenvalue weighted by atomic mass is 9.86. The van der Waals surface area contributed by atoms with Gasteiger partial charge in [-0.25, -0.2) is 0 Å². The number of Topliss-reactive ketones (excluding diaryl/α,β-unsaturated/α-hetero) is 2. The molecule has 6 nitrogen and oxygen atoms in total. The maximum absolute atomic E-state index is 13.2. The predicted molar refractivity (Wildman–Crippen MR) is 113 cm³/mol. The van der Waals surface area contributed by atoms with Crippen molar-refractivity contribution in [3.63, 3.8) is 0 Å². The van der Waals surface area contributed by atoms with Gasteiger partial charge in [0.15, 0.2) is 17.3 Å². The third-order valence-corrected chi connectivity index (χ3v) is 5.54. The molecule has 6 heteroatoms. The zero-order valence-corrected chi connectivity index (χ0v) is 17.3. The Morgan fingerprint density at radius 3 is 2.47 bits per heavy atom. The summed E-state index contributed by atoms with van der Waals surface area (Å²) in [6.45, 7) is 2.50. The monoisotopic (exact) mass is 409 g/mol. The van der Waals surface area contributed by atoms with E-state index in [2.05, 4.69) is 6.92 Å². The number of rotatable bonds is 9. The van der Waals surface area contributed by atoms with E-state index in [4.69, 9.17) is 4.74 Å². The molecule has 1 saturated heterocycles. The number of phenolic OH excluding ortho intramolecular Hbond substituents is 1. The summed E-state index contributed by atoms with van der Waals surface area (Å²) in [5, 5.41) is 9.96. The van der Waals surface area contributed by atoms with E-state index < -0.39 is 23.7 Å². The SMILES string of the molecule is CCCCCCN1C(=O)C(=O)C(C(=O)c2ccccc2)C1c1ccc(O)c(OC)c1. The van der Waals surface area contributed by atoms with Crippen molar-refractivity contribution in [1.29, 1.82) is 0 Å². The van der Waals surface area contributed by atoms with E-state index >= 15 is 0 Å². The molecule has 1 aliphatic heterocycles. The van der Waals surface area contributed by atoms with Gasteiger partial charge in [0.25, 0.3) is 5.91 Å². The molecule has 0 aliphatic carbocycles. The zero-order chi connectivity index (χ0) is 21.7. The largest absolute Gasteiger partial charge is 0.504 e. The molecule has 2 unspecified atom stereocenters. The Bertz CT molecular complexity index is 924. The summed E-state index contributed by atoms with van der Waals surface area (Å²) in [5.74, 6) is -2.62. The highest BCUT2D eigenvalue weighted by Gasteiger charge is 2.51. The summed E-state index contributed by atoms with van der Waals surface area (Å²) in [6, 6.07) is 12.5. The van der Waals surface area contributed by atoms with Crippen LogP contribution in [0.1, 0.15) is 54.6 Å². The van der Waals surface area contributed by atoms with Crippen LogP contribution in [0.5, 0.6) is 11.5 Å². The average Bonchev–Trinajstić information content (AvgIpc) is 3.02. The van der Waals surface area contributed by atoms with Crippen LogP contribution in [0.2, 0.25) is 0 Å². The fraction of sp³-hybridized carbons (Fsp3) is 0.375. The van der Waals surface area contributed by atoms with Crippen molar-refractivity contribution in [2.45, 2.75) is 38.6 Å². The number of ether oxygens (including phenoxy) is 1. The van der Waals surface area contributed by atoms with E-state index in [9.17, 15) is 19.5 Å². The Morgan fingerprint density at radius 1 is 1.07 bits per heavy atom. The van der Waals surface area contributed by atoms with E-state index in [-0.39, 0.29) is 17.3 Å². The van der Waals surface area contributed by atoms with Gasteiger partial charge in [0.2, 0.25) is 5.78 Å². The molecule has 2 atom stereocenters. The van der Waals surface area contributed by atoms with Crippen LogP contribution in [0.3, 0.4) is 0 Å². The van der Waals surface area contributed by atoms with Gasteiger partial charge in [-0.1, -0.05) is 62.6 Å². The van der Waals surface area contributed by atoms with Crippen LogP contribution in [-0.4, -0.2) is 41.1 Å². The molecular formula is C24H27NO5. The Balaban J connectivity index is 2.01. The van der Waals surface area contributed by atoms with Crippen molar-refractivity contribution in [3.8, 4) is 11.5 Å². The van der Waals surface area contributed by atoms with Crippen LogP contribution >= 0.6 is 0 Å². The van der Waals surface area contributed by atoms with Crippen molar-refractivity contribution < 1.29 is 24.2 Å². The lowest BCUT2D eigenvalue weighted by Gasteiger charge is -2.27. The highest BCUT2D eigenvalue weighted by Crippen LogP contribution is 2.41. The number of benzene rings is 2. The molecule has 1 amide bonds. The third kappa shape index (κ3) is 4.22. The van der Waals surface area contributed by atoms with E-state index in [0.717, 1.165) is 25.7 Å². The molecule has 30 heavy (non-hydrogen) atoms. The second kappa shape index (κ2) is 9.57. The van der Waals surface area contributed by atoms with Crippen molar-refractivity contribution in [1.82, 2.24) is 4.90 Å². The van der Waals surface area contributed by atoms with Crippen LogP contribution in [0, 0.1) is 5.92 Å². The molecule has 0 radical (unpaired) electrons. The van der Waals surface area contributed by atoms with E-state index in [0.29, 0.717) is 17.7 Å². The summed E-state index contributed by atoms with van der Waals surface area (Å²) in [7, 11) is 1.43. The first kappa shape index (κ1) is 21.6. The topological polar surface area (TPSA) is 83.9 Å². The van der Waals surface area contributed by atoms with Crippen molar-refractivity contribution in [3.05, 3.63) is 59.7 Å². The van der Waals surface area contributed by atoms with Crippen LogP contribution in [-0.2, 0) is 9.59 Å². The van der Waals surface area contributed by atoms with Gasteiger partial charge in [0.05, 0.1) is 13.2 Å². The first-order valence-electron chi connectivity index (χ1n) is 10.3. The second-order valence-corrected chi connectivity index (χ2v) is 7.51. The second-order valence-electron chi connectivity index (χ2n) is 7.51. The Morgan fingerprint density at radius 2 is 1.80 bits per heavy atom. The number of hydrogen-bond donors (Lipinski definition) is 1. The van der Waals surface area contributed by atoms with Crippen LogP contribution in [0.25, 0.3) is 0 Å². The smallest absolute Gasteiger partial charge is 0.291 e. The molecule has 1 aliphatic rings. The molecule has 2 aromatic rings. The number of nitrogens with zero attached hydrogens (tertiary/aromatic N) is 1. The number of carbonyl (C=O) groups is 3. The predicted octanol–water partition coefficient (Wildman–Crippen LogP) is 3.93. The maximum Gasteiger partial charge on any atom is 0.291 e. The summed E-state index contributed by atoms with van der Waals surface area (Å²) in [4.78, 5) is 40.6. The highest BCUT2D eigenvalue weighted by atomic mass is 16.5. The van der Waals surface area contributed by atoms with Gasteiger partial charge >= 0.3 is 0 Å². The standard InChI is InChI=1S/C24H27NO5/c1-3-4-5-9-14-25-21(17-12-13-18(26)19(15-17)30-2)20(23(28)24(25)29)22(27)16-10-7-6-8-11-16/h6-8,10-13,15,20-21,26H,3-5,9,14H2,1-2H3. The molecule has 1 heterocycles. The van der Waals surface area contributed by atoms with Crippen LogP contribution in [0.15, 0.2) is 48.5 Å². The highest BCUT2D eigenvalue weighted by molar-refractivity contribution is 6.44. The van der Waals surface area contributed by atoms with Crippen LogP contribution in [0.4, 0.5) is 0 Å². The number of aromatic hydroxyl groups is 1. The molecule has 1 N–H and O–H groups in total. The number of ketones is 2. The fourth-order valence-corrected chi connectivity index (χ4v) is 3.97. The molecule has 0 aromatic heterocycles. The normalized spacial score (nSPS) is 18.7. The maximum atomic E-state index is 13.2. The summed E-state index contributed by atoms with van der Waals surface area (Å²) >= 11 is 0. The number of methoxy groups -OCH3 is 1. The number of amides is 1. The number of carbonyl (C=O) groups excluding carboxylic acids is 3. The summed E-state index contributed by atoms with van der Waals surface area (Å²) in [6.07, 6.45) is 3.79. The lowest BCUT2D eigenvalue weighted by molar-refractivity contribution is -0.140. The van der Waals surface area contributed by atoms with Crippen molar-refractivity contribution in [2.24, 2.45) is 5.92 Å². The Labute approximate surface area is 176 Å². The minimum atomic E-state index is -1.12. The van der Waals surface area contributed by atoms with Gasteiger partial charge in [-0.15, -0.1) is 0 Å². The molecule has 0 saturated carbocycles. The number of phenols is 1. The van der Waals surface area contributed by atoms with E-state index in [1.165, 1.54) is 18.1 Å². The van der Waals surface area contributed by atoms with E-state index in [1.54, 1.807) is 42.5 Å². The minimum Gasteiger partial charge on any atom is -0.504 e. The van der Waals surface area contributed by atoms with Gasteiger partial charge < -0.3 is 14.7 Å². The summed E-state index contributed by atoms with van der Waals surface area (Å²) in [5.41, 5.74) is 0.987. The average molecular weight is 409 g/mol. The zero-order valence-electron chi connectivity index (χ0n) is 17.3. The molecular weight excluding hydrogens is 382 g/mol. The first-order valence-corrected chi connectivity index (χ1v) is 10.3. The first-order chi connectivity index (χ1) is 14.5. The van der Waals surface area contributed by atoms with Gasteiger partial charge in [0.1, 0.15) is 5.92 Å². The Hall–Kier alpha value is -3.15. The molecule has 0 spiro atoms. The van der Waals surface area contributed by atoms with Gasteiger partial charge in [-0.05, 0) is 24.1 Å². The molecule has 1 fully saturated rings. The number of likely N-dealkylation sites (tertiary alicyclic amines) is 1. The molecule has 158 valence electrons. The van der Waals surface area contributed by atoms with Gasteiger partial charge in [-0.3, -0.25) is 14.4 Å². The van der Waals surface area contributed by atoms with Crippen LogP contribution < -0.4 is 4.74 Å². The molecule has 2 aromatic carbocycles. The molecule has 3 rings (SSSR count). The summed E-state index contributed by atoms with van der Waals surface area (Å²) < 4.78 is 5.20. The van der Waals surface area contributed by atoms with Gasteiger partial charge in [0, 0.05) is 12.1 Å². The fourth-order valence-electron chi connectivity index (χ4n) is 3.97. The van der Waals surface area contributed by atoms with Crippen molar-refractivity contribution >= 4 is 17.5 Å².